The van der Waals surface area contributed by atoms with Gasteiger partial charge in [0.15, 0.2) is 5.71 Å². The van der Waals surface area contributed by atoms with E-state index in [2.05, 4.69) is 43.9 Å². The monoisotopic (exact) mass is 1040 g/mol. The second kappa shape index (κ2) is 23.1. The summed E-state index contributed by atoms with van der Waals surface area (Å²) in [6, 6.07) is 16.4. The zero-order valence-corrected chi connectivity index (χ0v) is 43.3. The molecule has 20 heteroatoms. The highest BCUT2D eigenvalue weighted by Gasteiger charge is 2.49. The van der Waals surface area contributed by atoms with E-state index in [1.54, 1.807) is 13.2 Å². The Morgan fingerprint density at radius 3 is 2.19 bits per heavy atom. The van der Waals surface area contributed by atoms with Crippen LogP contribution in [0.3, 0.4) is 0 Å². The molecule has 3 aromatic rings. The minimum Gasteiger partial charge on any atom is -0.492 e. The van der Waals surface area contributed by atoms with Crippen LogP contribution in [0.15, 0.2) is 118 Å². The van der Waals surface area contributed by atoms with E-state index in [9.17, 15) is 36.4 Å². The average molecular weight is 1040 g/mol. The number of carbonyl (C=O) groups is 1. The molecule has 7 rings (SSSR count). The Kier molecular flexibility index (Phi) is 17.4. The van der Waals surface area contributed by atoms with Gasteiger partial charge in [-0.15, -0.1) is 4.73 Å². The molecule has 3 N–H and O–H groups in total. The van der Waals surface area contributed by atoms with E-state index in [4.69, 9.17) is 32.7 Å². The van der Waals surface area contributed by atoms with Crippen LogP contribution >= 0.6 is 0 Å². The van der Waals surface area contributed by atoms with Gasteiger partial charge in [-0.1, -0.05) is 36.4 Å². The van der Waals surface area contributed by atoms with Gasteiger partial charge in [0.25, 0.3) is 20.2 Å². The molecule has 0 bridgehead atoms. The summed E-state index contributed by atoms with van der Waals surface area (Å²) in [6.07, 6.45) is 9.38. The zero-order valence-electron chi connectivity index (χ0n) is 41.7. The van der Waals surface area contributed by atoms with Crippen molar-refractivity contribution >= 4 is 43.4 Å². The van der Waals surface area contributed by atoms with Gasteiger partial charge in [0.1, 0.15) is 18.1 Å². The molecule has 4 heterocycles. The van der Waals surface area contributed by atoms with Gasteiger partial charge in [-0.2, -0.15) is 21.4 Å². The third-order valence-corrected chi connectivity index (χ3v) is 15.5. The summed E-state index contributed by atoms with van der Waals surface area (Å²) in [5.41, 5.74) is 5.34. The van der Waals surface area contributed by atoms with Gasteiger partial charge in [0, 0.05) is 79.6 Å². The first-order valence-corrected chi connectivity index (χ1v) is 26.9. The average Bonchev–Trinajstić information content (AvgIpc) is 3.77. The Hall–Kier alpha value is -5.58. The van der Waals surface area contributed by atoms with Crippen molar-refractivity contribution in [1.29, 1.82) is 0 Å². The summed E-state index contributed by atoms with van der Waals surface area (Å²) < 4.78 is 97.6. The number of carbonyl (C=O) groups excluding carboxylic acids is 1. The number of aromatic nitrogens is 1. The molecule has 2 unspecified atom stereocenters. The fourth-order valence-corrected chi connectivity index (χ4v) is 11.0. The highest BCUT2D eigenvalue weighted by atomic mass is 32.2. The quantitative estimate of drug-likeness (QED) is 0.0353. The van der Waals surface area contributed by atoms with E-state index < -0.39 is 43.4 Å². The molecule has 0 spiro atoms. The predicted octanol–water partition coefficient (Wildman–Crippen LogP) is 6.59. The van der Waals surface area contributed by atoms with Crippen molar-refractivity contribution < 1.29 is 73.7 Å². The molecule has 1 aromatic heterocycles. The van der Waals surface area contributed by atoms with Crippen molar-refractivity contribution in [3.05, 3.63) is 124 Å². The number of allylic oxidation sites excluding steroid dienone is 6. The minimum atomic E-state index is -4.68. The van der Waals surface area contributed by atoms with Gasteiger partial charge in [-0.05, 0) is 81.9 Å². The Morgan fingerprint density at radius 1 is 0.875 bits per heavy atom. The lowest BCUT2D eigenvalue weighted by Crippen LogP contribution is -2.47. The van der Waals surface area contributed by atoms with Gasteiger partial charge in [0.2, 0.25) is 17.4 Å². The summed E-state index contributed by atoms with van der Waals surface area (Å²) in [7, 11) is -5.80. The number of ether oxygens (including phenoxy) is 5. The molecular weight excluding hydrogens is 971 g/mol. The summed E-state index contributed by atoms with van der Waals surface area (Å²) in [5, 5.41) is 20.2. The first-order valence-electron chi connectivity index (χ1n) is 23.9. The standard InChI is InChI=1S/C52H65N3O15S2/c1-36-35-51(2,3)54(21-22-66-25-26-68-28-27-67-24-23-64-5)44-34-46-41(33-40(36)44)38(30-45(69-46)37-12-8-7-9-13-37)31-47-52(4,19-10-14-50(58)70-55-48(56)17-18-49(55)57)42-32-39(72(61,62)63)15-16-43(42)53(47)20-11-29-71(59,60)65-6/h7-9,12-13,15-18,30-32,34-35,41H,10-11,14,19-29,33H2,1-6H3,(H2-,56,57,61,62,63)/p+1/b38-31+. The van der Waals surface area contributed by atoms with Gasteiger partial charge < -0.3 is 43.6 Å². The van der Waals surface area contributed by atoms with Crippen LogP contribution in [-0.2, 0) is 58.3 Å². The first kappa shape index (κ1) is 54.2. The van der Waals surface area contributed by atoms with Crippen molar-refractivity contribution in [3.63, 3.8) is 0 Å². The summed E-state index contributed by atoms with van der Waals surface area (Å²) >= 11 is 0. The highest BCUT2D eigenvalue weighted by Crippen LogP contribution is 2.50. The van der Waals surface area contributed by atoms with Crippen LogP contribution < -0.4 is 4.84 Å². The molecule has 2 aromatic carbocycles. The lowest BCUT2D eigenvalue weighted by atomic mass is 9.73. The number of rotatable bonds is 25. The number of hydrogen-bond donors (Lipinski definition) is 3. The summed E-state index contributed by atoms with van der Waals surface area (Å²) in [4.78, 5) is 20.5. The number of methoxy groups -OCH3 is 1. The SMILES string of the molecule is COCCOCCOCCOCCN1C2=C(CC3C(=C2)OC(c2ccccc2)=C/C3=C\C2=[N+](CCCS(=O)(=O)OC)c3ccc(S(=O)(=O)O)cc3C2(C)CCCC(=O)On2c(O)ccc2O)C(C)=CC1(C)C. The third-order valence-electron chi connectivity index (χ3n) is 13.4. The van der Waals surface area contributed by atoms with Gasteiger partial charge >= 0.3 is 5.97 Å². The van der Waals surface area contributed by atoms with Crippen LogP contribution in [0.1, 0.15) is 70.9 Å². The zero-order chi connectivity index (χ0) is 51.8. The molecule has 72 heavy (non-hydrogen) atoms. The molecule has 0 amide bonds. The maximum absolute atomic E-state index is 13.2. The maximum Gasteiger partial charge on any atom is 0.333 e. The van der Waals surface area contributed by atoms with E-state index in [1.807, 2.05) is 47.9 Å². The van der Waals surface area contributed by atoms with E-state index in [-0.39, 0.29) is 54.3 Å². The second-order valence-electron chi connectivity index (χ2n) is 18.7. The molecule has 0 radical (unpaired) electrons. The number of nitrogens with zero attached hydrogens (tertiary/aromatic N) is 3. The van der Waals surface area contributed by atoms with Gasteiger partial charge in [0.05, 0.1) is 75.0 Å². The van der Waals surface area contributed by atoms with Crippen molar-refractivity contribution in [2.75, 3.05) is 79.3 Å². The molecule has 4 aliphatic rings. The Bertz CT molecular complexity index is 2880. The largest absolute Gasteiger partial charge is 0.492 e. The molecule has 3 aliphatic heterocycles. The normalized spacial score (nSPS) is 20.2. The number of benzene rings is 2. The predicted molar refractivity (Wildman–Crippen MR) is 268 cm³/mol. The number of aromatic hydroxyl groups is 2. The van der Waals surface area contributed by atoms with Crippen LogP contribution in [0, 0.1) is 5.92 Å². The van der Waals surface area contributed by atoms with Crippen molar-refractivity contribution in [1.82, 2.24) is 9.63 Å². The molecule has 1 aliphatic carbocycles. The summed E-state index contributed by atoms with van der Waals surface area (Å²) in [6.45, 7) is 12.4. The van der Waals surface area contributed by atoms with Crippen LogP contribution in [0.4, 0.5) is 5.69 Å². The topological polar surface area (TPSA) is 222 Å². The maximum atomic E-state index is 13.2. The Labute approximate surface area is 421 Å². The third kappa shape index (κ3) is 12.6. The van der Waals surface area contributed by atoms with E-state index >= 15 is 0 Å². The van der Waals surface area contributed by atoms with Crippen molar-refractivity contribution in [3.8, 4) is 11.8 Å². The fourth-order valence-electron chi connectivity index (χ4n) is 9.80. The lowest BCUT2D eigenvalue weighted by molar-refractivity contribution is -0.437. The van der Waals surface area contributed by atoms with Crippen molar-refractivity contribution in [2.24, 2.45) is 5.92 Å². The van der Waals surface area contributed by atoms with Crippen LogP contribution in [0.25, 0.3) is 5.76 Å². The smallest absolute Gasteiger partial charge is 0.333 e. The van der Waals surface area contributed by atoms with Gasteiger partial charge in [-0.25, -0.2) is 4.79 Å². The van der Waals surface area contributed by atoms with Gasteiger partial charge in [-0.3, -0.25) is 8.74 Å². The number of hydrogen-bond acceptors (Lipinski definition) is 15. The molecular formula is C52H66N3O15S2+. The first-order chi connectivity index (χ1) is 34.3. The molecule has 18 nitrogen and oxygen atoms in total. The van der Waals surface area contributed by atoms with E-state index in [1.165, 1.54) is 24.3 Å². The van der Waals surface area contributed by atoms with Crippen LogP contribution in [-0.4, -0.2) is 142 Å². The fraction of sp³-hybridized carbons (Fsp3) is 0.462. The Morgan fingerprint density at radius 2 is 1.54 bits per heavy atom. The number of fused-ring (bicyclic) bond motifs is 2. The molecule has 2 atom stereocenters. The highest BCUT2D eigenvalue weighted by molar-refractivity contribution is 7.86. The van der Waals surface area contributed by atoms with Crippen molar-refractivity contribution in [2.45, 2.75) is 75.6 Å². The van der Waals surface area contributed by atoms with E-state index in [0.29, 0.717) is 92.4 Å². The summed E-state index contributed by atoms with van der Waals surface area (Å²) in [5.74, 6) is -1.00. The molecule has 0 saturated heterocycles. The lowest BCUT2D eigenvalue weighted by Gasteiger charge is -2.46. The Balaban J connectivity index is 1.27. The molecule has 390 valence electrons. The van der Waals surface area contributed by atoms with Crippen LogP contribution in [0.5, 0.6) is 11.8 Å². The minimum absolute atomic E-state index is 0.129. The molecule has 0 fully saturated rings. The van der Waals surface area contributed by atoms with Crippen LogP contribution in [0.2, 0.25) is 0 Å². The molecule has 0 saturated carbocycles. The van der Waals surface area contributed by atoms with E-state index in [0.717, 1.165) is 35.1 Å². The second-order valence-corrected chi connectivity index (χ2v) is 22.0.